The third kappa shape index (κ3) is 2.29. The van der Waals surface area contributed by atoms with Gasteiger partial charge in [0.15, 0.2) is 0 Å². The van der Waals surface area contributed by atoms with Gasteiger partial charge in [-0.25, -0.2) is 9.37 Å². The van der Waals surface area contributed by atoms with E-state index in [1.165, 1.54) is 18.2 Å². The first-order chi connectivity index (χ1) is 12.7. The highest BCUT2D eigenvalue weighted by atomic mass is 19.1. The Bertz CT molecular complexity index is 1250. The molecule has 26 heavy (non-hydrogen) atoms. The van der Waals surface area contributed by atoms with Gasteiger partial charge in [-0.2, -0.15) is 4.39 Å². The van der Waals surface area contributed by atoms with Crippen molar-refractivity contribution in [1.29, 1.82) is 0 Å². The minimum absolute atomic E-state index is 0.297. The molecule has 0 aliphatic rings. The molecular weight excluding hydrogens is 332 g/mol. The van der Waals surface area contributed by atoms with E-state index in [1.54, 1.807) is 18.2 Å². The van der Waals surface area contributed by atoms with E-state index in [9.17, 15) is 8.78 Å². The fourth-order valence-corrected chi connectivity index (χ4v) is 3.33. The van der Waals surface area contributed by atoms with Gasteiger partial charge in [-0.15, -0.1) is 0 Å². The number of aromatic nitrogens is 3. The minimum atomic E-state index is -0.537. The lowest BCUT2D eigenvalue weighted by molar-refractivity contribution is 0.587. The lowest BCUT2D eigenvalue weighted by atomic mass is 10.1. The summed E-state index contributed by atoms with van der Waals surface area (Å²) in [4.78, 5) is 7.26. The zero-order valence-corrected chi connectivity index (χ0v) is 13.6. The van der Waals surface area contributed by atoms with Gasteiger partial charge in [-0.3, -0.25) is 4.57 Å². The molecular formula is C21H13F2N3. The molecule has 5 heteroatoms. The maximum absolute atomic E-state index is 13.8. The molecule has 0 radical (unpaired) electrons. The summed E-state index contributed by atoms with van der Waals surface area (Å²) >= 11 is 0. The number of hydrogen-bond acceptors (Lipinski definition) is 1. The van der Waals surface area contributed by atoms with Crippen molar-refractivity contribution in [3.8, 4) is 16.9 Å². The van der Waals surface area contributed by atoms with Crippen molar-refractivity contribution in [2.75, 3.05) is 0 Å². The fraction of sp³-hybridized carbons (Fsp3) is 0. The number of nitrogens with zero attached hydrogens (tertiary/aromatic N) is 2. The van der Waals surface area contributed by atoms with E-state index in [1.807, 2.05) is 41.1 Å². The van der Waals surface area contributed by atoms with Crippen LogP contribution < -0.4 is 0 Å². The molecule has 0 saturated heterocycles. The summed E-state index contributed by atoms with van der Waals surface area (Å²) in [7, 11) is 0. The molecule has 0 bridgehead atoms. The fourth-order valence-electron chi connectivity index (χ4n) is 3.33. The van der Waals surface area contributed by atoms with Gasteiger partial charge < -0.3 is 4.98 Å². The number of hydrogen-bond donors (Lipinski definition) is 1. The number of H-pyrrole nitrogens is 1. The van der Waals surface area contributed by atoms with Gasteiger partial charge in [0.1, 0.15) is 11.5 Å². The van der Waals surface area contributed by atoms with Crippen LogP contribution in [0, 0.1) is 11.8 Å². The minimum Gasteiger partial charge on any atom is -0.361 e. The zero-order chi connectivity index (χ0) is 17.7. The molecule has 3 heterocycles. The first-order valence-corrected chi connectivity index (χ1v) is 8.20. The molecule has 0 saturated carbocycles. The molecule has 0 spiro atoms. The quantitative estimate of drug-likeness (QED) is 0.424. The maximum atomic E-state index is 13.8. The normalized spacial score (nSPS) is 11.5. The number of pyridine rings is 1. The van der Waals surface area contributed by atoms with Gasteiger partial charge in [-0.1, -0.05) is 0 Å². The van der Waals surface area contributed by atoms with Crippen molar-refractivity contribution in [1.82, 2.24) is 14.5 Å². The van der Waals surface area contributed by atoms with Gasteiger partial charge in [-0.05, 0) is 72.3 Å². The molecule has 0 aliphatic carbocycles. The Balaban J connectivity index is 1.84. The van der Waals surface area contributed by atoms with Crippen LogP contribution in [0.5, 0.6) is 0 Å². The van der Waals surface area contributed by atoms with Crippen LogP contribution in [-0.2, 0) is 0 Å². The summed E-state index contributed by atoms with van der Waals surface area (Å²) in [5.74, 6) is -0.834. The average Bonchev–Trinajstić information content (AvgIpc) is 3.25. The van der Waals surface area contributed by atoms with Crippen molar-refractivity contribution in [3.05, 3.63) is 84.7 Å². The van der Waals surface area contributed by atoms with Crippen LogP contribution in [0.15, 0.2) is 72.9 Å². The van der Waals surface area contributed by atoms with E-state index in [-0.39, 0.29) is 5.82 Å². The Morgan fingerprint density at radius 1 is 0.808 bits per heavy atom. The number of halogens is 2. The molecule has 3 nitrogen and oxygen atoms in total. The van der Waals surface area contributed by atoms with Gasteiger partial charge in [0, 0.05) is 28.2 Å². The van der Waals surface area contributed by atoms with E-state index < -0.39 is 5.95 Å². The van der Waals surface area contributed by atoms with E-state index in [4.69, 9.17) is 0 Å². The van der Waals surface area contributed by atoms with Crippen molar-refractivity contribution >= 4 is 21.9 Å². The van der Waals surface area contributed by atoms with Crippen LogP contribution in [-0.4, -0.2) is 14.5 Å². The van der Waals surface area contributed by atoms with Gasteiger partial charge >= 0.3 is 0 Å². The molecule has 1 N–H and O–H groups in total. The molecule has 0 aliphatic heterocycles. The monoisotopic (exact) mass is 345 g/mol. The molecule has 0 atom stereocenters. The highest BCUT2D eigenvalue weighted by Gasteiger charge is 2.15. The largest absolute Gasteiger partial charge is 0.361 e. The Hall–Kier alpha value is -3.47. The number of fused-ring (bicyclic) bond motifs is 2. The lowest BCUT2D eigenvalue weighted by Gasteiger charge is -2.11. The predicted molar refractivity (Wildman–Crippen MR) is 98.3 cm³/mol. The second kappa shape index (κ2) is 5.52. The Morgan fingerprint density at radius 2 is 1.65 bits per heavy atom. The SMILES string of the molecule is Fc1ccc(-c2cc3ccc(F)nc3n2-c2ccc3[nH]ccc3c2)cc1. The van der Waals surface area contributed by atoms with Crippen LogP contribution in [0.4, 0.5) is 8.78 Å². The highest BCUT2D eigenvalue weighted by molar-refractivity contribution is 5.88. The Kier molecular flexibility index (Phi) is 3.15. The Labute approximate surface area is 147 Å². The maximum Gasteiger partial charge on any atom is 0.214 e. The summed E-state index contributed by atoms with van der Waals surface area (Å²) in [5, 5.41) is 1.87. The average molecular weight is 345 g/mol. The topological polar surface area (TPSA) is 33.6 Å². The third-order valence-electron chi connectivity index (χ3n) is 4.55. The van der Waals surface area contributed by atoms with Crippen molar-refractivity contribution < 1.29 is 8.78 Å². The molecule has 0 unspecified atom stereocenters. The smallest absolute Gasteiger partial charge is 0.214 e. The summed E-state index contributed by atoms with van der Waals surface area (Å²) in [5.41, 5.74) is 4.07. The number of nitrogens with one attached hydrogen (secondary N) is 1. The molecule has 5 rings (SSSR count). The highest BCUT2D eigenvalue weighted by Crippen LogP contribution is 2.32. The summed E-state index contributed by atoms with van der Waals surface area (Å²) in [6, 6.07) is 19.2. The molecule has 5 aromatic rings. The Morgan fingerprint density at radius 3 is 2.50 bits per heavy atom. The van der Waals surface area contributed by atoms with Crippen LogP contribution in [0.1, 0.15) is 0 Å². The van der Waals surface area contributed by atoms with E-state index >= 15 is 0 Å². The summed E-state index contributed by atoms with van der Waals surface area (Å²) < 4.78 is 29.1. The first-order valence-electron chi connectivity index (χ1n) is 8.20. The van der Waals surface area contributed by atoms with Crippen molar-refractivity contribution in [3.63, 3.8) is 0 Å². The van der Waals surface area contributed by atoms with E-state index in [0.29, 0.717) is 5.65 Å². The third-order valence-corrected chi connectivity index (χ3v) is 4.55. The molecule has 2 aromatic carbocycles. The molecule has 126 valence electrons. The van der Waals surface area contributed by atoms with E-state index in [0.717, 1.165) is 33.2 Å². The van der Waals surface area contributed by atoms with Crippen LogP contribution >= 0.6 is 0 Å². The summed E-state index contributed by atoms with van der Waals surface area (Å²) in [6.45, 7) is 0. The second-order valence-corrected chi connectivity index (χ2v) is 6.17. The van der Waals surface area contributed by atoms with Gasteiger partial charge in [0.2, 0.25) is 5.95 Å². The molecule has 0 amide bonds. The zero-order valence-electron chi connectivity index (χ0n) is 13.6. The number of rotatable bonds is 2. The van der Waals surface area contributed by atoms with Crippen molar-refractivity contribution in [2.45, 2.75) is 0 Å². The van der Waals surface area contributed by atoms with Crippen LogP contribution in [0.3, 0.4) is 0 Å². The van der Waals surface area contributed by atoms with E-state index in [2.05, 4.69) is 9.97 Å². The predicted octanol–water partition coefficient (Wildman–Crippen LogP) is 5.45. The molecule has 0 fully saturated rings. The standard InChI is InChI=1S/C21H13F2N3/c22-16-4-1-13(2-5-16)19-12-15-3-8-20(23)25-21(15)26(19)17-6-7-18-14(11-17)9-10-24-18/h1-12,24H. The van der Waals surface area contributed by atoms with Crippen LogP contribution in [0.2, 0.25) is 0 Å². The van der Waals surface area contributed by atoms with Crippen molar-refractivity contribution in [2.24, 2.45) is 0 Å². The first kappa shape index (κ1) is 14.8. The van der Waals surface area contributed by atoms with Crippen LogP contribution in [0.25, 0.3) is 38.9 Å². The molecule has 3 aromatic heterocycles. The van der Waals surface area contributed by atoms with Gasteiger partial charge in [0.25, 0.3) is 0 Å². The number of benzene rings is 2. The summed E-state index contributed by atoms with van der Waals surface area (Å²) in [6.07, 6.45) is 1.88. The second-order valence-electron chi connectivity index (χ2n) is 6.17. The lowest BCUT2D eigenvalue weighted by Crippen LogP contribution is -1.99. The van der Waals surface area contributed by atoms with Gasteiger partial charge in [0.05, 0.1) is 5.69 Å². The number of aromatic amines is 1.